The number of benzene rings is 1. The minimum absolute atomic E-state index is 0.0942. The van der Waals surface area contributed by atoms with Gasteiger partial charge in [-0.05, 0) is 19.4 Å². The predicted molar refractivity (Wildman–Crippen MR) is 52.2 cm³/mol. The van der Waals surface area contributed by atoms with Crippen LogP contribution in [0, 0.1) is 11.6 Å². The Morgan fingerprint density at radius 3 is 2.47 bits per heavy atom. The van der Waals surface area contributed by atoms with E-state index in [1.54, 1.807) is 6.92 Å². The standard InChI is InChI=1S/C11H14F2O2/c1-3-11(2,15)10(14)8-5-4-7(12)6-9(8)13/h4-6,10,14-15H,3H2,1-2H3. The second-order valence-electron chi connectivity index (χ2n) is 3.78. The topological polar surface area (TPSA) is 40.5 Å². The molecule has 0 fully saturated rings. The molecule has 0 aromatic heterocycles. The summed E-state index contributed by atoms with van der Waals surface area (Å²) < 4.78 is 25.9. The smallest absolute Gasteiger partial charge is 0.132 e. The second kappa shape index (κ2) is 4.24. The van der Waals surface area contributed by atoms with Crippen LogP contribution in [0.3, 0.4) is 0 Å². The summed E-state index contributed by atoms with van der Waals surface area (Å²) in [6, 6.07) is 2.87. The third-order valence-electron chi connectivity index (χ3n) is 2.56. The van der Waals surface area contributed by atoms with Crippen LogP contribution in [0.5, 0.6) is 0 Å². The van der Waals surface area contributed by atoms with Crippen LogP contribution in [0.25, 0.3) is 0 Å². The van der Waals surface area contributed by atoms with E-state index in [0.29, 0.717) is 6.07 Å². The molecule has 15 heavy (non-hydrogen) atoms. The van der Waals surface area contributed by atoms with Gasteiger partial charge >= 0.3 is 0 Å². The molecule has 0 saturated carbocycles. The van der Waals surface area contributed by atoms with Crippen molar-refractivity contribution in [3.8, 4) is 0 Å². The molecule has 1 rings (SSSR count). The van der Waals surface area contributed by atoms with Gasteiger partial charge in [-0.25, -0.2) is 8.78 Å². The first-order valence-electron chi connectivity index (χ1n) is 4.74. The van der Waals surface area contributed by atoms with E-state index in [1.165, 1.54) is 6.92 Å². The molecule has 2 N–H and O–H groups in total. The summed E-state index contributed by atoms with van der Waals surface area (Å²) in [5.41, 5.74) is -1.51. The predicted octanol–water partition coefficient (Wildman–Crippen LogP) is 2.16. The Bertz CT molecular complexity index is 350. The summed E-state index contributed by atoms with van der Waals surface area (Å²) in [6.07, 6.45) is -1.09. The lowest BCUT2D eigenvalue weighted by molar-refractivity contribution is -0.0673. The lowest BCUT2D eigenvalue weighted by atomic mass is 9.90. The SMILES string of the molecule is CCC(C)(O)C(O)c1ccc(F)cc1F. The maximum atomic E-state index is 13.3. The Labute approximate surface area is 87.2 Å². The molecule has 0 aliphatic carbocycles. The van der Waals surface area contributed by atoms with Gasteiger partial charge in [0.2, 0.25) is 0 Å². The molecule has 4 heteroatoms. The molecular weight excluding hydrogens is 202 g/mol. The van der Waals surface area contributed by atoms with E-state index in [2.05, 4.69) is 0 Å². The van der Waals surface area contributed by atoms with Crippen molar-refractivity contribution < 1.29 is 19.0 Å². The summed E-state index contributed by atoms with van der Waals surface area (Å²) in [5, 5.41) is 19.4. The van der Waals surface area contributed by atoms with Gasteiger partial charge in [0.1, 0.15) is 17.7 Å². The quantitative estimate of drug-likeness (QED) is 0.812. The zero-order chi connectivity index (χ0) is 11.6. The van der Waals surface area contributed by atoms with Gasteiger partial charge in [-0.1, -0.05) is 13.0 Å². The van der Waals surface area contributed by atoms with Gasteiger partial charge in [0, 0.05) is 11.6 Å². The summed E-state index contributed by atoms with van der Waals surface area (Å²) >= 11 is 0. The highest BCUT2D eigenvalue weighted by molar-refractivity contribution is 5.23. The molecule has 0 radical (unpaired) electrons. The maximum Gasteiger partial charge on any atom is 0.132 e. The highest BCUT2D eigenvalue weighted by atomic mass is 19.1. The van der Waals surface area contributed by atoms with E-state index in [-0.39, 0.29) is 12.0 Å². The molecule has 0 aliphatic rings. The fourth-order valence-electron chi connectivity index (χ4n) is 1.25. The molecule has 0 aliphatic heterocycles. The minimum atomic E-state index is -1.42. The van der Waals surface area contributed by atoms with Crippen LogP contribution >= 0.6 is 0 Å². The van der Waals surface area contributed by atoms with E-state index in [0.717, 1.165) is 12.1 Å². The Morgan fingerprint density at radius 2 is 2.00 bits per heavy atom. The van der Waals surface area contributed by atoms with Gasteiger partial charge in [-0.15, -0.1) is 0 Å². The Balaban J connectivity index is 3.06. The molecule has 0 amide bonds. The Hall–Kier alpha value is -1.00. The fourth-order valence-corrected chi connectivity index (χ4v) is 1.25. The number of halogens is 2. The third kappa shape index (κ3) is 2.52. The Morgan fingerprint density at radius 1 is 1.40 bits per heavy atom. The van der Waals surface area contributed by atoms with Gasteiger partial charge in [0.05, 0.1) is 5.60 Å². The zero-order valence-electron chi connectivity index (χ0n) is 8.67. The Kier molecular flexibility index (Phi) is 3.42. The molecule has 0 saturated heterocycles. The van der Waals surface area contributed by atoms with Crippen molar-refractivity contribution in [2.45, 2.75) is 32.0 Å². The van der Waals surface area contributed by atoms with Gasteiger partial charge in [0.15, 0.2) is 0 Å². The normalized spacial score (nSPS) is 17.2. The minimum Gasteiger partial charge on any atom is -0.387 e. The highest BCUT2D eigenvalue weighted by Gasteiger charge is 2.31. The van der Waals surface area contributed by atoms with E-state index in [4.69, 9.17) is 0 Å². The zero-order valence-corrected chi connectivity index (χ0v) is 8.67. The summed E-state index contributed by atoms with van der Waals surface area (Å²) in [6.45, 7) is 3.07. The first-order chi connectivity index (χ1) is 6.88. The number of rotatable bonds is 3. The van der Waals surface area contributed by atoms with Crippen molar-refractivity contribution >= 4 is 0 Å². The molecule has 84 valence electrons. The van der Waals surface area contributed by atoms with Crippen molar-refractivity contribution in [1.82, 2.24) is 0 Å². The molecule has 0 heterocycles. The lowest BCUT2D eigenvalue weighted by Crippen LogP contribution is -2.32. The molecule has 2 nitrogen and oxygen atoms in total. The van der Waals surface area contributed by atoms with Crippen LogP contribution in [0.15, 0.2) is 18.2 Å². The fraction of sp³-hybridized carbons (Fsp3) is 0.455. The van der Waals surface area contributed by atoms with E-state index in [1.807, 2.05) is 0 Å². The van der Waals surface area contributed by atoms with Gasteiger partial charge in [-0.2, -0.15) is 0 Å². The van der Waals surface area contributed by atoms with E-state index in [9.17, 15) is 19.0 Å². The number of hydrogen-bond acceptors (Lipinski definition) is 2. The molecule has 2 unspecified atom stereocenters. The molecular formula is C11H14F2O2. The first kappa shape index (κ1) is 12.1. The largest absolute Gasteiger partial charge is 0.387 e. The van der Waals surface area contributed by atoms with Crippen LogP contribution in [-0.4, -0.2) is 15.8 Å². The molecule has 0 spiro atoms. The monoisotopic (exact) mass is 216 g/mol. The molecule has 1 aromatic carbocycles. The lowest BCUT2D eigenvalue weighted by Gasteiger charge is -2.28. The van der Waals surface area contributed by atoms with E-state index < -0.39 is 23.3 Å². The van der Waals surface area contributed by atoms with Crippen LogP contribution < -0.4 is 0 Å². The van der Waals surface area contributed by atoms with Crippen molar-refractivity contribution in [2.24, 2.45) is 0 Å². The summed E-state index contributed by atoms with van der Waals surface area (Å²) in [5.74, 6) is -1.56. The maximum absolute atomic E-state index is 13.3. The van der Waals surface area contributed by atoms with Gasteiger partial charge < -0.3 is 10.2 Å². The average molecular weight is 216 g/mol. The second-order valence-corrected chi connectivity index (χ2v) is 3.78. The third-order valence-corrected chi connectivity index (χ3v) is 2.56. The molecule has 0 bridgehead atoms. The number of aliphatic hydroxyl groups excluding tert-OH is 1. The molecule has 2 atom stereocenters. The van der Waals surface area contributed by atoms with Crippen molar-refractivity contribution in [3.05, 3.63) is 35.4 Å². The van der Waals surface area contributed by atoms with Crippen LogP contribution in [0.2, 0.25) is 0 Å². The number of hydrogen-bond donors (Lipinski definition) is 2. The average Bonchev–Trinajstić information content (AvgIpc) is 2.17. The highest BCUT2D eigenvalue weighted by Crippen LogP contribution is 2.30. The van der Waals surface area contributed by atoms with Gasteiger partial charge in [0.25, 0.3) is 0 Å². The van der Waals surface area contributed by atoms with Gasteiger partial charge in [-0.3, -0.25) is 0 Å². The van der Waals surface area contributed by atoms with E-state index >= 15 is 0 Å². The van der Waals surface area contributed by atoms with Crippen LogP contribution in [0.1, 0.15) is 31.9 Å². The van der Waals surface area contributed by atoms with Crippen molar-refractivity contribution in [3.63, 3.8) is 0 Å². The molecule has 1 aromatic rings. The summed E-state index contributed by atoms with van der Waals surface area (Å²) in [4.78, 5) is 0. The first-order valence-corrected chi connectivity index (χ1v) is 4.74. The van der Waals surface area contributed by atoms with Crippen molar-refractivity contribution in [1.29, 1.82) is 0 Å². The van der Waals surface area contributed by atoms with Crippen LogP contribution in [0.4, 0.5) is 8.78 Å². The summed E-state index contributed by atoms with van der Waals surface area (Å²) in [7, 11) is 0. The van der Waals surface area contributed by atoms with Crippen molar-refractivity contribution in [2.75, 3.05) is 0 Å². The number of aliphatic hydroxyl groups is 2. The van der Waals surface area contributed by atoms with Crippen LogP contribution in [-0.2, 0) is 0 Å².